The third kappa shape index (κ3) is 8.15. The lowest BCUT2D eigenvalue weighted by Gasteiger charge is -2.12. The number of nitrogens with one attached hydrogen (secondary N) is 3. The molecule has 3 N–H and O–H groups in total. The molecule has 3 amide bonds. The third-order valence-electron chi connectivity index (χ3n) is 6.19. The van der Waals surface area contributed by atoms with Crippen LogP contribution in [0, 0.1) is 24.0 Å². The summed E-state index contributed by atoms with van der Waals surface area (Å²) in [5.41, 5.74) is 3.85. The molecule has 0 atom stereocenters. The lowest BCUT2D eigenvalue weighted by molar-refractivity contribution is -0.384. The zero-order valence-corrected chi connectivity index (χ0v) is 23.7. The third-order valence-corrected chi connectivity index (χ3v) is 7.21. The summed E-state index contributed by atoms with van der Waals surface area (Å²) in [4.78, 5) is 49.8. The molecule has 4 aromatic rings. The van der Waals surface area contributed by atoms with E-state index in [1.165, 1.54) is 30.0 Å². The van der Waals surface area contributed by atoms with Gasteiger partial charge in [0, 0.05) is 34.0 Å². The molecule has 0 spiro atoms. The fraction of sp³-hybridized carbons (Fsp3) is 0.0938. The Labute approximate surface area is 247 Å². The smallest absolute Gasteiger partial charge is 0.272 e. The molecule has 4 aromatic carbocycles. The summed E-state index contributed by atoms with van der Waals surface area (Å²) in [5.74, 6) is -1.02. The van der Waals surface area contributed by atoms with E-state index in [-0.39, 0.29) is 23.0 Å². The molecule has 0 unspecified atom stereocenters. The fourth-order valence-corrected chi connectivity index (χ4v) is 4.61. The number of aryl methyl sites for hydroxylation is 2. The van der Waals surface area contributed by atoms with Crippen molar-refractivity contribution in [2.45, 2.75) is 18.7 Å². The monoisotopic (exact) mass is 580 g/mol. The van der Waals surface area contributed by atoms with E-state index in [1.54, 1.807) is 61.5 Å². The van der Waals surface area contributed by atoms with Gasteiger partial charge >= 0.3 is 0 Å². The van der Waals surface area contributed by atoms with Crippen LogP contribution in [0.25, 0.3) is 6.08 Å². The number of carbonyl (C=O) groups is 3. The lowest BCUT2D eigenvalue weighted by atomic mass is 10.1. The quantitative estimate of drug-likeness (QED) is 0.0867. The van der Waals surface area contributed by atoms with E-state index < -0.39 is 16.7 Å². The molecular formula is C32H28N4O5S. The van der Waals surface area contributed by atoms with Gasteiger partial charge in [-0.15, -0.1) is 11.8 Å². The number of anilines is 2. The van der Waals surface area contributed by atoms with Crippen LogP contribution in [0.5, 0.6) is 0 Å². The highest BCUT2D eigenvalue weighted by atomic mass is 32.2. The van der Waals surface area contributed by atoms with Crippen LogP contribution in [-0.2, 0) is 9.59 Å². The highest BCUT2D eigenvalue weighted by Crippen LogP contribution is 2.24. The molecule has 4 rings (SSSR count). The number of non-ortho nitro benzene ring substituents is 1. The van der Waals surface area contributed by atoms with Gasteiger partial charge in [0.05, 0.1) is 10.7 Å². The maximum absolute atomic E-state index is 13.3. The first-order valence-electron chi connectivity index (χ1n) is 12.9. The van der Waals surface area contributed by atoms with Crippen LogP contribution in [0.1, 0.15) is 27.0 Å². The molecule has 0 radical (unpaired) electrons. The predicted octanol–water partition coefficient (Wildman–Crippen LogP) is 6.35. The number of hydrogen-bond donors (Lipinski definition) is 3. The summed E-state index contributed by atoms with van der Waals surface area (Å²) >= 11 is 1.30. The van der Waals surface area contributed by atoms with Crippen molar-refractivity contribution in [1.29, 1.82) is 0 Å². The Morgan fingerprint density at radius 1 is 0.833 bits per heavy atom. The first-order valence-corrected chi connectivity index (χ1v) is 13.9. The zero-order chi connectivity index (χ0) is 30.1. The van der Waals surface area contributed by atoms with Gasteiger partial charge in [0.25, 0.3) is 17.5 Å². The Hall–Kier alpha value is -5.22. The number of rotatable bonds is 10. The summed E-state index contributed by atoms with van der Waals surface area (Å²) in [6.45, 7) is 3.61. The van der Waals surface area contributed by atoms with Gasteiger partial charge in [0.2, 0.25) is 5.91 Å². The van der Waals surface area contributed by atoms with E-state index in [4.69, 9.17) is 0 Å². The van der Waals surface area contributed by atoms with Gasteiger partial charge in [-0.25, -0.2) is 0 Å². The second-order valence-electron chi connectivity index (χ2n) is 9.31. The first kappa shape index (κ1) is 29.8. The van der Waals surface area contributed by atoms with Gasteiger partial charge in [-0.05, 0) is 79.1 Å². The van der Waals surface area contributed by atoms with E-state index in [2.05, 4.69) is 16.0 Å². The van der Waals surface area contributed by atoms with Crippen LogP contribution < -0.4 is 16.0 Å². The van der Waals surface area contributed by atoms with E-state index in [1.807, 2.05) is 37.3 Å². The van der Waals surface area contributed by atoms with Crippen LogP contribution in [-0.4, -0.2) is 28.4 Å². The number of nitrogens with zero attached hydrogens (tertiary/aromatic N) is 1. The summed E-state index contributed by atoms with van der Waals surface area (Å²) in [5, 5.41) is 19.2. The Morgan fingerprint density at radius 2 is 1.52 bits per heavy atom. The van der Waals surface area contributed by atoms with Crippen LogP contribution in [0.2, 0.25) is 0 Å². The van der Waals surface area contributed by atoms with Crippen LogP contribution in [0.4, 0.5) is 17.1 Å². The van der Waals surface area contributed by atoms with Gasteiger partial charge < -0.3 is 16.0 Å². The predicted molar refractivity (Wildman–Crippen MR) is 165 cm³/mol. The van der Waals surface area contributed by atoms with Crippen molar-refractivity contribution in [3.63, 3.8) is 0 Å². The standard InChI is InChI=1S/C32H28N4O5S/c1-21-8-6-7-11-24(21)19-29(35-31(38)23-9-4-3-5-10-23)32(39)33-25-12-15-27(16-13-25)42-20-30(37)34-28-17-14-26(36(40)41)18-22(28)2/h3-19H,20H2,1-2H3,(H,33,39)(H,34,37)(H,35,38)/b29-19-. The average Bonchev–Trinajstić information content (AvgIpc) is 2.98. The molecule has 0 heterocycles. The van der Waals surface area contributed by atoms with Crippen molar-refractivity contribution in [2.75, 3.05) is 16.4 Å². The van der Waals surface area contributed by atoms with Crippen molar-refractivity contribution < 1.29 is 19.3 Å². The Balaban J connectivity index is 1.39. The number of thioether (sulfide) groups is 1. The summed E-state index contributed by atoms with van der Waals surface area (Å²) < 4.78 is 0. The normalized spacial score (nSPS) is 11.0. The van der Waals surface area contributed by atoms with Gasteiger partial charge in [-0.1, -0.05) is 42.5 Å². The van der Waals surface area contributed by atoms with Crippen molar-refractivity contribution in [1.82, 2.24) is 5.32 Å². The average molecular weight is 581 g/mol. The summed E-state index contributed by atoms with van der Waals surface area (Å²) in [6.07, 6.45) is 1.64. The zero-order valence-electron chi connectivity index (χ0n) is 22.9. The minimum Gasteiger partial charge on any atom is -0.325 e. The molecule has 0 aliphatic rings. The second kappa shape index (κ2) is 13.9. The largest absolute Gasteiger partial charge is 0.325 e. The summed E-state index contributed by atoms with van der Waals surface area (Å²) in [6, 6.07) is 27.4. The number of nitro benzene ring substituents is 1. The van der Waals surface area contributed by atoms with E-state index in [0.29, 0.717) is 22.5 Å². The maximum Gasteiger partial charge on any atom is 0.272 e. The van der Waals surface area contributed by atoms with Gasteiger partial charge in [-0.3, -0.25) is 24.5 Å². The van der Waals surface area contributed by atoms with E-state index in [9.17, 15) is 24.5 Å². The van der Waals surface area contributed by atoms with Crippen LogP contribution >= 0.6 is 11.8 Å². The van der Waals surface area contributed by atoms with E-state index in [0.717, 1.165) is 16.0 Å². The SMILES string of the molecule is Cc1ccccc1/C=C(\NC(=O)c1ccccc1)C(=O)Nc1ccc(SCC(=O)Nc2ccc([N+](=O)[O-])cc2C)cc1. The molecule has 0 aliphatic heterocycles. The molecule has 0 saturated carbocycles. The lowest BCUT2D eigenvalue weighted by Crippen LogP contribution is -2.30. The first-order chi connectivity index (χ1) is 20.2. The molecule has 0 aliphatic carbocycles. The Kier molecular flexibility index (Phi) is 9.85. The molecule has 9 nitrogen and oxygen atoms in total. The highest BCUT2D eigenvalue weighted by molar-refractivity contribution is 8.00. The fourth-order valence-electron chi connectivity index (χ4n) is 3.92. The topological polar surface area (TPSA) is 130 Å². The minimum absolute atomic E-state index is 0.0385. The molecular weight excluding hydrogens is 552 g/mol. The molecule has 0 saturated heterocycles. The molecule has 212 valence electrons. The number of benzene rings is 4. The van der Waals surface area contributed by atoms with Crippen molar-refractivity contribution in [3.05, 3.63) is 135 Å². The Bertz CT molecular complexity index is 1650. The number of amides is 3. The molecule has 0 bridgehead atoms. The van der Waals surface area contributed by atoms with Crippen molar-refractivity contribution in [3.8, 4) is 0 Å². The van der Waals surface area contributed by atoms with Gasteiger partial charge in [0.15, 0.2) is 0 Å². The minimum atomic E-state index is -0.485. The van der Waals surface area contributed by atoms with Gasteiger partial charge in [0.1, 0.15) is 5.70 Å². The summed E-state index contributed by atoms with van der Waals surface area (Å²) in [7, 11) is 0. The molecule has 42 heavy (non-hydrogen) atoms. The van der Waals surface area contributed by atoms with Gasteiger partial charge in [-0.2, -0.15) is 0 Å². The van der Waals surface area contributed by atoms with Crippen LogP contribution in [0.3, 0.4) is 0 Å². The molecule has 0 fully saturated rings. The van der Waals surface area contributed by atoms with Crippen molar-refractivity contribution >= 4 is 52.6 Å². The number of carbonyl (C=O) groups excluding carboxylic acids is 3. The van der Waals surface area contributed by atoms with E-state index >= 15 is 0 Å². The van der Waals surface area contributed by atoms with Crippen LogP contribution in [0.15, 0.2) is 108 Å². The Morgan fingerprint density at radius 3 is 2.19 bits per heavy atom. The maximum atomic E-state index is 13.3. The molecule has 0 aromatic heterocycles. The highest BCUT2D eigenvalue weighted by Gasteiger charge is 2.16. The second-order valence-corrected chi connectivity index (χ2v) is 10.4. The van der Waals surface area contributed by atoms with Crippen molar-refractivity contribution in [2.24, 2.45) is 0 Å². The number of hydrogen-bond acceptors (Lipinski definition) is 6. The molecule has 10 heteroatoms. The number of nitro groups is 1.